The molecule has 194 valence electrons. The van der Waals surface area contributed by atoms with E-state index in [4.69, 9.17) is 0 Å². The molecule has 2 bridgehead atoms. The minimum atomic E-state index is -0.796. The van der Waals surface area contributed by atoms with Crippen LogP contribution in [0.4, 0.5) is 10.1 Å². The molecule has 3 aliphatic rings. The van der Waals surface area contributed by atoms with E-state index in [9.17, 15) is 14.9 Å². The Labute approximate surface area is 217 Å². The number of benzene rings is 2. The quantitative estimate of drug-likeness (QED) is 0.549. The summed E-state index contributed by atoms with van der Waals surface area (Å²) in [6.45, 7) is 1.55. The molecule has 0 unspecified atom stereocenters. The molecule has 0 radical (unpaired) electrons. The first-order valence-electron chi connectivity index (χ1n) is 13.1. The molecule has 2 aromatic carbocycles. The van der Waals surface area contributed by atoms with E-state index in [1.165, 1.54) is 6.07 Å². The molecule has 4 atom stereocenters. The molecule has 8 heteroatoms. The third kappa shape index (κ3) is 5.39. The Morgan fingerprint density at radius 1 is 1.24 bits per heavy atom. The summed E-state index contributed by atoms with van der Waals surface area (Å²) < 4.78 is 15.1. The maximum atomic E-state index is 15.1. The first-order chi connectivity index (χ1) is 17.8. The number of amides is 2. The average molecular weight is 504 g/mol. The van der Waals surface area contributed by atoms with Gasteiger partial charge in [-0.1, -0.05) is 24.3 Å². The zero-order valence-corrected chi connectivity index (χ0v) is 21.5. The lowest BCUT2D eigenvalue weighted by Crippen LogP contribution is -2.50. The van der Waals surface area contributed by atoms with Crippen LogP contribution >= 0.6 is 0 Å². The van der Waals surface area contributed by atoms with Gasteiger partial charge in [-0.15, -0.1) is 0 Å². The van der Waals surface area contributed by atoms with Crippen molar-refractivity contribution in [2.24, 2.45) is 5.92 Å². The first kappa shape index (κ1) is 25.4. The predicted octanol–water partition coefficient (Wildman–Crippen LogP) is 3.02. The average Bonchev–Trinajstić information content (AvgIpc) is 3.59. The normalized spacial score (nSPS) is 22.8. The minimum Gasteiger partial charge on any atom is -0.339 e. The van der Waals surface area contributed by atoms with Crippen molar-refractivity contribution < 1.29 is 14.0 Å². The number of carbonyl (C=O) groups is 2. The maximum absolute atomic E-state index is 15.1. The number of halogens is 1. The monoisotopic (exact) mass is 503 g/mol. The van der Waals surface area contributed by atoms with Crippen molar-refractivity contribution in [3.05, 3.63) is 53.3 Å². The molecule has 2 fully saturated rings. The number of rotatable bonds is 9. The van der Waals surface area contributed by atoms with Crippen LogP contribution in [0.1, 0.15) is 36.8 Å². The standard InChI is InChI=1S/C29H34FN5O2/c1-34(2)10-3-11-35-26-15-19(5-7-21(26)16-27(35)36)18-4-6-20(25(30)14-18)12-24(17-31)33-29(37)28-22-8-9-23(13-22)32-28/h4-7,14-15,22-24,28,32H,3,8-13,16H2,1-2H3,(H,33,37)/t22-,23+,24-,28-/m0/s1. The summed E-state index contributed by atoms with van der Waals surface area (Å²) in [7, 11) is 4.03. The van der Waals surface area contributed by atoms with Crippen LogP contribution in [0.25, 0.3) is 11.1 Å². The molecule has 7 nitrogen and oxygen atoms in total. The van der Waals surface area contributed by atoms with Crippen molar-refractivity contribution in [3.8, 4) is 17.2 Å². The van der Waals surface area contributed by atoms with Gasteiger partial charge in [0.15, 0.2) is 0 Å². The highest BCUT2D eigenvalue weighted by molar-refractivity contribution is 6.02. The molecular formula is C29H34FN5O2. The van der Waals surface area contributed by atoms with Crippen molar-refractivity contribution in [1.82, 2.24) is 15.5 Å². The molecule has 2 aromatic rings. The van der Waals surface area contributed by atoms with E-state index < -0.39 is 11.9 Å². The molecule has 0 spiro atoms. The van der Waals surface area contributed by atoms with E-state index in [0.29, 0.717) is 36.1 Å². The second-order valence-electron chi connectivity index (χ2n) is 10.8. The predicted molar refractivity (Wildman–Crippen MR) is 140 cm³/mol. The van der Waals surface area contributed by atoms with Crippen molar-refractivity contribution in [3.63, 3.8) is 0 Å². The maximum Gasteiger partial charge on any atom is 0.238 e. The highest BCUT2D eigenvalue weighted by Crippen LogP contribution is 2.36. The van der Waals surface area contributed by atoms with E-state index >= 15 is 4.39 Å². The number of anilines is 1. The second-order valence-corrected chi connectivity index (χ2v) is 10.8. The molecule has 2 aliphatic heterocycles. The lowest BCUT2D eigenvalue weighted by molar-refractivity contribution is -0.124. The summed E-state index contributed by atoms with van der Waals surface area (Å²) in [5.41, 5.74) is 3.82. The van der Waals surface area contributed by atoms with E-state index in [2.05, 4.69) is 21.6 Å². The van der Waals surface area contributed by atoms with Gasteiger partial charge in [-0.3, -0.25) is 9.59 Å². The Kier molecular flexibility index (Phi) is 7.27. The lowest BCUT2D eigenvalue weighted by Gasteiger charge is -2.23. The third-order valence-electron chi connectivity index (χ3n) is 7.93. The van der Waals surface area contributed by atoms with Crippen molar-refractivity contribution in [2.45, 2.75) is 56.7 Å². The van der Waals surface area contributed by atoms with Gasteiger partial charge in [-0.05, 0) is 86.6 Å². The Balaban J connectivity index is 1.26. The van der Waals surface area contributed by atoms with Gasteiger partial charge in [-0.2, -0.15) is 5.26 Å². The molecule has 2 heterocycles. The fourth-order valence-electron chi connectivity index (χ4n) is 5.98. The summed E-state index contributed by atoms with van der Waals surface area (Å²) in [6.07, 6.45) is 4.52. The smallest absolute Gasteiger partial charge is 0.238 e. The van der Waals surface area contributed by atoms with Gasteiger partial charge < -0.3 is 20.4 Å². The number of carbonyl (C=O) groups excluding carboxylic acids is 2. The van der Waals surface area contributed by atoms with Crippen LogP contribution in [-0.4, -0.2) is 62.0 Å². The van der Waals surface area contributed by atoms with Gasteiger partial charge in [0.1, 0.15) is 11.9 Å². The van der Waals surface area contributed by atoms with Crippen molar-refractivity contribution in [1.29, 1.82) is 5.26 Å². The van der Waals surface area contributed by atoms with E-state index in [1.807, 2.05) is 43.3 Å². The number of fused-ring (bicyclic) bond motifs is 3. The van der Waals surface area contributed by atoms with Crippen LogP contribution in [-0.2, 0) is 22.4 Å². The summed E-state index contributed by atoms with van der Waals surface area (Å²) in [6, 6.07) is 12.3. The number of piperidine rings is 1. The van der Waals surface area contributed by atoms with Crippen LogP contribution in [0, 0.1) is 23.1 Å². The molecule has 1 saturated heterocycles. The van der Waals surface area contributed by atoms with Gasteiger partial charge >= 0.3 is 0 Å². The fraction of sp³-hybridized carbons (Fsp3) is 0.483. The van der Waals surface area contributed by atoms with Crippen molar-refractivity contribution >= 4 is 17.5 Å². The summed E-state index contributed by atoms with van der Waals surface area (Å²) >= 11 is 0. The lowest BCUT2D eigenvalue weighted by atomic mass is 9.97. The topological polar surface area (TPSA) is 88.5 Å². The Bertz CT molecular complexity index is 1240. The number of nitrogens with zero attached hydrogens (tertiary/aromatic N) is 3. The SMILES string of the molecule is CN(C)CCCN1C(=O)Cc2ccc(-c3ccc(C[C@@H](C#N)NC(=O)[C@H]4N[C@@H]5CC[C@H]4C5)c(F)c3)cc21. The van der Waals surface area contributed by atoms with Crippen LogP contribution in [0.15, 0.2) is 36.4 Å². The van der Waals surface area contributed by atoms with Gasteiger partial charge in [0.2, 0.25) is 11.8 Å². The second kappa shape index (κ2) is 10.6. The largest absolute Gasteiger partial charge is 0.339 e. The first-order valence-corrected chi connectivity index (χ1v) is 13.1. The molecule has 5 rings (SSSR count). The van der Waals surface area contributed by atoms with Gasteiger partial charge in [0.25, 0.3) is 0 Å². The fourth-order valence-corrected chi connectivity index (χ4v) is 5.98. The van der Waals surface area contributed by atoms with Gasteiger partial charge in [0.05, 0.1) is 18.5 Å². The molecule has 0 aromatic heterocycles. The molecular weight excluding hydrogens is 469 g/mol. The van der Waals surface area contributed by atoms with Crippen LogP contribution in [0.2, 0.25) is 0 Å². The van der Waals surface area contributed by atoms with Gasteiger partial charge in [0, 0.05) is 24.7 Å². The van der Waals surface area contributed by atoms with E-state index in [1.54, 1.807) is 6.07 Å². The Morgan fingerprint density at radius 2 is 2.03 bits per heavy atom. The summed E-state index contributed by atoms with van der Waals surface area (Å²) in [4.78, 5) is 29.2. The van der Waals surface area contributed by atoms with Crippen molar-refractivity contribution in [2.75, 3.05) is 32.1 Å². The number of nitrogens with one attached hydrogen (secondary N) is 2. The summed E-state index contributed by atoms with van der Waals surface area (Å²) in [5, 5.41) is 15.8. The van der Waals surface area contributed by atoms with Crippen LogP contribution < -0.4 is 15.5 Å². The van der Waals surface area contributed by atoms with Gasteiger partial charge in [-0.25, -0.2) is 4.39 Å². The molecule has 1 saturated carbocycles. The molecule has 1 aliphatic carbocycles. The minimum absolute atomic E-state index is 0.0951. The molecule has 2 N–H and O–H groups in total. The van der Waals surface area contributed by atoms with E-state index in [-0.39, 0.29) is 24.3 Å². The number of hydrogen-bond donors (Lipinski definition) is 2. The number of hydrogen-bond acceptors (Lipinski definition) is 5. The van der Waals surface area contributed by atoms with Crippen LogP contribution in [0.5, 0.6) is 0 Å². The highest BCUT2D eigenvalue weighted by atomic mass is 19.1. The molecule has 2 amide bonds. The molecule has 37 heavy (non-hydrogen) atoms. The number of nitriles is 1. The zero-order valence-electron chi connectivity index (χ0n) is 21.5. The summed E-state index contributed by atoms with van der Waals surface area (Å²) in [5.74, 6) is -0.160. The van der Waals surface area contributed by atoms with E-state index in [0.717, 1.165) is 49.0 Å². The highest BCUT2D eigenvalue weighted by Gasteiger charge is 2.43. The zero-order chi connectivity index (χ0) is 26.1. The van der Waals surface area contributed by atoms with Crippen LogP contribution in [0.3, 0.4) is 0 Å². The Hall–Kier alpha value is -3.28. The third-order valence-corrected chi connectivity index (χ3v) is 7.93. The Morgan fingerprint density at radius 3 is 2.70 bits per heavy atom.